The molecule has 1 aliphatic carbocycles. The van der Waals surface area contributed by atoms with Crippen LogP contribution in [0.15, 0.2) is 65.3 Å². The van der Waals surface area contributed by atoms with Gasteiger partial charge in [0, 0.05) is 0 Å². The standard InChI is InChI=1S/C23H25NO5/c1-2-27-22(25)17-10-6-11-19-18(17)14-20(21-12-7-13-28-21)24(19)23(26)29-15-16-8-4-3-5-9-16/h3-9,11-13,17-20H,2,10,14-15H2,1H3/t17-,18+,19-,20-/m0/s1. The summed E-state index contributed by atoms with van der Waals surface area (Å²) in [7, 11) is 0. The van der Waals surface area contributed by atoms with Crippen LogP contribution in [0.2, 0.25) is 0 Å². The van der Waals surface area contributed by atoms with Crippen molar-refractivity contribution in [3.63, 3.8) is 0 Å². The number of rotatable bonds is 5. The van der Waals surface area contributed by atoms with Gasteiger partial charge in [-0.1, -0.05) is 42.5 Å². The highest BCUT2D eigenvalue weighted by Crippen LogP contribution is 2.47. The lowest BCUT2D eigenvalue weighted by Crippen LogP contribution is -2.42. The van der Waals surface area contributed by atoms with Crippen LogP contribution in [0.1, 0.15) is 37.1 Å². The number of allylic oxidation sites excluding steroid dienone is 1. The molecule has 0 saturated carbocycles. The van der Waals surface area contributed by atoms with Gasteiger partial charge in [0.1, 0.15) is 12.4 Å². The van der Waals surface area contributed by atoms with Crippen LogP contribution >= 0.6 is 0 Å². The molecule has 4 atom stereocenters. The number of nitrogens with zero attached hydrogens (tertiary/aromatic N) is 1. The highest BCUT2D eigenvalue weighted by molar-refractivity contribution is 5.75. The van der Waals surface area contributed by atoms with Crippen LogP contribution in [0, 0.1) is 11.8 Å². The monoisotopic (exact) mass is 395 g/mol. The zero-order valence-corrected chi connectivity index (χ0v) is 16.4. The van der Waals surface area contributed by atoms with Crippen LogP contribution in [0.3, 0.4) is 0 Å². The molecular weight excluding hydrogens is 370 g/mol. The van der Waals surface area contributed by atoms with Crippen LogP contribution < -0.4 is 0 Å². The van der Waals surface area contributed by atoms with Crippen LogP contribution in [-0.4, -0.2) is 29.6 Å². The lowest BCUT2D eigenvalue weighted by atomic mass is 9.79. The third-order valence-electron chi connectivity index (χ3n) is 5.71. The van der Waals surface area contributed by atoms with Crippen molar-refractivity contribution in [2.45, 2.75) is 38.5 Å². The van der Waals surface area contributed by atoms with Crippen molar-refractivity contribution in [1.29, 1.82) is 0 Å². The molecule has 2 aromatic rings. The number of benzene rings is 1. The third-order valence-corrected chi connectivity index (χ3v) is 5.71. The predicted octanol–water partition coefficient (Wildman–Crippen LogP) is 4.49. The molecule has 0 radical (unpaired) electrons. The second-order valence-electron chi connectivity index (χ2n) is 7.39. The molecule has 0 bridgehead atoms. The Morgan fingerprint density at radius 2 is 1.97 bits per heavy atom. The Kier molecular flexibility index (Phi) is 5.69. The molecule has 29 heavy (non-hydrogen) atoms. The Morgan fingerprint density at radius 1 is 1.14 bits per heavy atom. The Balaban J connectivity index is 1.57. The van der Waals surface area contributed by atoms with Gasteiger partial charge in [-0.15, -0.1) is 0 Å². The van der Waals surface area contributed by atoms with E-state index in [1.807, 2.05) is 61.5 Å². The first kappa shape index (κ1) is 19.3. The summed E-state index contributed by atoms with van der Waals surface area (Å²) in [5.74, 6) is 0.198. The molecule has 1 saturated heterocycles. The fourth-order valence-corrected chi connectivity index (χ4v) is 4.40. The van der Waals surface area contributed by atoms with Gasteiger partial charge in [-0.25, -0.2) is 4.79 Å². The molecule has 0 unspecified atom stereocenters. The van der Waals surface area contributed by atoms with Gasteiger partial charge < -0.3 is 13.9 Å². The second kappa shape index (κ2) is 8.55. The number of ether oxygens (including phenoxy) is 2. The van der Waals surface area contributed by atoms with Crippen LogP contribution in [0.25, 0.3) is 0 Å². The van der Waals surface area contributed by atoms with Gasteiger partial charge in [-0.2, -0.15) is 0 Å². The van der Waals surface area contributed by atoms with Crippen molar-refractivity contribution < 1.29 is 23.5 Å². The quantitative estimate of drug-likeness (QED) is 0.551. The maximum absolute atomic E-state index is 13.1. The number of fused-ring (bicyclic) bond motifs is 1. The second-order valence-corrected chi connectivity index (χ2v) is 7.39. The van der Waals surface area contributed by atoms with Crippen molar-refractivity contribution in [3.05, 3.63) is 72.2 Å². The number of amides is 1. The molecule has 1 aromatic carbocycles. The summed E-state index contributed by atoms with van der Waals surface area (Å²) in [5, 5.41) is 0. The SMILES string of the molecule is CCOC(=O)[C@H]1CC=C[C@H]2[C@@H]1C[C@@H](c1ccco1)N2C(=O)OCc1ccccc1. The predicted molar refractivity (Wildman–Crippen MR) is 106 cm³/mol. The zero-order chi connectivity index (χ0) is 20.2. The highest BCUT2D eigenvalue weighted by Gasteiger charge is 2.51. The fourth-order valence-electron chi connectivity index (χ4n) is 4.40. The maximum atomic E-state index is 13.1. The summed E-state index contributed by atoms with van der Waals surface area (Å²) >= 11 is 0. The minimum atomic E-state index is -0.406. The number of furan rings is 1. The smallest absolute Gasteiger partial charge is 0.411 e. The molecule has 1 fully saturated rings. The van der Waals surface area contributed by atoms with E-state index in [0.29, 0.717) is 25.2 Å². The van der Waals surface area contributed by atoms with Gasteiger partial charge in [-0.3, -0.25) is 9.69 Å². The van der Waals surface area contributed by atoms with Gasteiger partial charge in [0.15, 0.2) is 0 Å². The summed E-state index contributed by atoms with van der Waals surface area (Å²) < 4.78 is 16.5. The number of carbonyl (C=O) groups is 2. The number of hydrogen-bond acceptors (Lipinski definition) is 5. The molecule has 152 valence electrons. The lowest BCUT2D eigenvalue weighted by Gasteiger charge is -2.32. The average molecular weight is 395 g/mol. The van der Waals surface area contributed by atoms with Gasteiger partial charge >= 0.3 is 12.1 Å². The summed E-state index contributed by atoms with van der Waals surface area (Å²) in [6.07, 6.45) is 6.42. The van der Waals surface area contributed by atoms with Gasteiger partial charge in [0.05, 0.1) is 30.9 Å². The molecule has 6 heteroatoms. The number of esters is 1. The summed E-state index contributed by atoms with van der Waals surface area (Å²) in [6.45, 7) is 2.35. The van der Waals surface area contributed by atoms with E-state index in [1.165, 1.54) is 0 Å². The zero-order valence-electron chi connectivity index (χ0n) is 16.4. The lowest BCUT2D eigenvalue weighted by molar-refractivity contribution is -0.150. The van der Waals surface area contributed by atoms with E-state index >= 15 is 0 Å². The van der Waals surface area contributed by atoms with E-state index in [2.05, 4.69) is 0 Å². The minimum Gasteiger partial charge on any atom is -0.467 e. The number of likely N-dealkylation sites (tertiary alicyclic amines) is 1. The molecule has 2 aliphatic rings. The van der Waals surface area contributed by atoms with Crippen LogP contribution in [-0.2, 0) is 20.9 Å². The summed E-state index contributed by atoms with van der Waals surface area (Å²) in [5.41, 5.74) is 0.926. The Bertz CT molecular complexity index is 861. The Hall–Kier alpha value is -3.02. The van der Waals surface area contributed by atoms with E-state index in [0.717, 1.165) is 5.56 Å². The number of carbonyl (C=O) groups excluding carboxylic acids is 2. The normalized spacial score (nSPS) is 25.5. The molecule has 1 aromatic heterocycles. The molecular formula is C23H25NO5. The summed E-state index contributed by atoms with van der Waals surface area (Å²) in [4.78, 5) is 27.3. The molecule has 4 rings (SSSR count). The van der Waals surface area contributed by atoms with Crippen molar-refractivity contribution in [2.24, 2.45) is 11.8 Å². The first-order valence-corrected chi connectivity index (χ1v) is 10.0. The van der Waals surface area contributed by atoms with E-state index in [1.54, 1.807) is 11.2 Å². The number of hydrogen-bond donors (Lipinski definition) is 0. The van der Waals surface area contributed by atoms with E-state index < -0.39 is 6.09 Å². The van der Waals surface area contributed by atoms with Gasteiger partial charge in [0.25, 0.3) is 0 Å². The third kappa shape index (κ3) is 3.92. The highest BCUT2D eigenvalue weighted by atomic mass is 16.6. The Morgan fingerprint density at radius 3 is 2.69 bits per heavy atom. The molecule has 2 heterocycles. The van der Waals surface area contributed by atoms with Gasteiger partial charge in [0.2, 0.25) is 0 Å². The average Bonchev–Trinajstić information content (AvgIpc) is 3.40. The molecule has 0 spiro atoms. The summed E-state index contributed by atoms with van der Waals surface area (Å²) in [6, 6.07) is 12.8. The fraction of sp³-hybridized carbons (Fsp3) is 0.391. The molecule has 6 nitrogen and oxygen atoms in total. The van der Waals surface area contributed by atoms with Crippen molar-refractivity contribution in [2.75, 3.05) is 6.61 Å². The van der Waals surface area contributed by atoms with Crippen LogP contribution in [0.4, 0.5) is 4.79 Å². The van der Waals surface area contributed by atoms with Gasteiger partial charge in [-0.05, 0) is 43.4 Å². The Labute approximate surface area is 170 Å². The van der Waals surface area contributed by atoms with Crippen molar-refractivity contribution >= 4 is 12.1 Å². The molecule has 1 aliphatic heterocycles. The molecule has 1 amide bonds. The first-order valence-electron chi connectivity index (χ1n) is 10.0. The maximum Gasteiger partial charge on any atom is 0.411 e. The van der Waals surface area contributed by atoms with E-state index in [4.69, 9.17) is 13.9 Å². The first-order chi connectivity index (χ1) is 14.2. The van der Waals surface area contributed by atoms with E-state index in [-0.39, 0.29) is 36.5 Å². The minimum absolute atomic E-state index is 0.0292. The largest absolute Gasteiger partial charge is 0.467 e. The van der Waals surface area contributed by atoms with E-state index in [9.17, 15) is 9.59 Å². The molecule has 0 N–H and O–H groups in total. The topological polar surface area (TPSA) is 69.0 Å². The van der Waals surface area contributed by atoms with Crippen LogP contribution in [0.5, 0.6) is 0 Å². The van der Waals surface area contributed by atoms with Crippen molar-refractivity contribution in [3.8, 4) is 0 Å². The van der Waals surface area contributed by atoms with Crippen molar-refractivity contribution in [1.82, 2.24) is 4.90 Å².